The topological polar surface area (TPSA) is 40.4 Å². The smallest absolute Gasteiger partial charge is 0.181 e. The lowest BCUT2D eigenvalue weighted by Gasteiger charge is -2.13. The zero-order chi connectivity index (χ0) is 6.97. The maximum atomic E-state index is 5.08. The zero-order valence-corrected chi connectivity index (χ0v) is 5.43. The van der Waals surface area contributed by atoms with E-state index in [4.69, 9.17) is 4.94 Å². The SMILES string of the molecule is CN1C=C2N=CN=CN2O1. The first-order valence-corrected chi connectivity index (χ1v) is 2.84. The molecule has 10 heavy (non-hydrogen) atoms. The first kappa shape index (κ1) is 5.43. The number of fused-ring (bicyclic) bond motifs is 1. The zero-order valence-electron chi connectivity index (χ0n) is 5.43. The van der Waals surface area contributed by atoms with Crippen LogP contribution in [0.3, 0.4) is 0 Å². The maximum absolute atomic E-state index is 5.08. The normalized spacial score (nSPS) is 21.5. The second kappa shape index (κ2) is 1.81. The highest BCUT2D eigenvalue weighted by Crippen LogP contribution is 2.15. The number of hydrogen-bond acceptors (Lipinski definition) is 5. The highest BCUT2D eigenvalue weighted by Gasteiger charge is 2.18. The number of nitrogens with zero attached hydrogens (tertiary/aromatic N) is 4. The molecule has 2 aliphatic heterocycles. The van der Waals surface area contributed by atoms with E-state index in [1.54, 1.807) is 24.6 Å². The molecule has 0 saturated heterocycles. The number of hydroxylamine groups is 4. The van der Waals surface area contributed by atoms with Gasteiger partial charge in [-0.05, 0) is 0 Å². The monoisotopic (exact) mass is 138 g/mol. The molecule has 0 aromatic carbocycles. The lowest BCUT2D eigenvalue weighted by atomic mass is 10.7. The molecule has 5 nitrogen and oxygen atoms in total. The molecule has 0 atom stereocenters. The Morgan fingerprint density at radius 1 is 1.60 bits per heavy atom. The van der Waals surface area contributed by atoms with Gasteiger partial charge in [0.25, 0.3) is 0 Å². The van der Waals surface area contributed by atoms with Crippen LogP contribution >= 0.6 is 0 Å². The van der Waals surface area contributed by atoms with Gasteiger partial charge in [0.05, 0.1) is 6.20 Å². The van der Waals surface area contributed by atoms with E-state index in [2.05, 4.69) is 9.98 Å². The highest BCUT2D eigenvalue weighted by atomic mass is 16.8. The Morgan fingerprint density at radius 2 is 2.50 bits per heavy atom. The number of rotatable bonds is 0. The molecule has 0 N–H and O–H groups in total. The minimum Gasteiger partial charge on any atom is -0.235 e. The predicted octanol–water partition coefficient (Wildman–Crippen LogP) is -0.0505. The van der Waals surface area contributed by atoms with Gasteiger partial charge in [-0.2, -0.15) is 5.06 Å². The van der Waals surface area contributed by atoms with Gasteiger partial charge in [0.2, 0.25) is 0 Å². The van der Waals surface area contributed by atoms with E-state index in [-0.39, 0.29) is 0 Å². The maximum Gasteiger partial charge on any atom is 0.181 e. The molecule has 5 heteroatoms. The van der Waals surface area contributed by atoms with Crippen molar-refractivity contribution in [3.8, 4) is 0 Å². The fraction of sp³-hybridized carbons (Fsp3) is 0.200. The summed E-state index contributed by atoms with van der Waals surface area (Å²) in [4.78, 5) is 12.8. The molecule has 0 aliphatic carbocycles. The third-order valence-corrected chi connectivity index (χ3v) is 1.17. The Morgan fingerprint density at radius 3 is 3.30 bits per heavy atom. The van der Waals surface area contributed by atoms with E-state index < -0.39 is 0 Å². The van der Waals surface area contributed by atoms with Crippen molar-refractivity contribution < 1.29 is 4.94 Å². The van der Waals surface area contributed by atoms with Crippen molar-refractivity contribution in [3.05, 3.63) is 12.0 Å². The van der Waals surface area contributed by atoms with E-state index in [9.17, 15) is 0 Å². The summed E-state index contributed by atoms with van der Waals surface area (Å²) in [5.74, 6) is 0.748. The van der Waals surface area contributed by atoms with Gasteiger partial charge in [-0.3, -0.25) is 0 Å². The molecule has 0 saturated carbocycles. The lowest BCUT2D eigenvalue weighted by Crippen LogP contribution is -2.21. The lowest BCUT2D eigenvalue weighted by molar-refractivity contribution is -0.211. The van der Waals surface area contributed by atoms with Crippen molar-refractivity contribution in [2.45, 2.75) is 0 Å². The van der Waals surface area contributed by atoms with Gasteiger partial charge in [0, 0.05) is 7.05 Å². The van der Waals surface area contributed by atoms with Crippen LogP contribution in [0.2, 0.25) is 0 Å². The molecule has 0 bridgehead atoms. The third kappa shape index (κ3) is 0.679. The second-order valence-electron chi connectivity index (χ2n) is 1.95. The van der Waals surface area contributed by atoms with Crippen LogP contribution in [0.15, 0.2) is 22.0 Å². The minimum atomic E-state index is 0.748. The molecular formula is C5H6N4O. The van der Waals surface area contributed by atoms with Gasteiger partial charge in [0.1, 0.15) is 12.7 Å². The molecule has 0 fully saturated rings. The fourth-order valence-corrected chi connectivity index (χ4v) is 0.777. The quantitative estimate of drug-likeness (QED) is 0.471. The van der Waals surface area contributed by atoms with Crippen LogP contribution in [0.1, 0.15) is 0 Å². The van der Waals surface area contributed by atoms with Gasteiger partial charge in [-0.15, -0.1) is 4.94 Å². The van der Waals surface area contributed by atoms with Crippen LogP contribution in [0.4, 0.5) is 0 Å². The summed E-state index contributed by atoms with van der Waals surface area (Å²) in [5.41, 5.74) is 0. The number of aliphatic imine (C=N–C) groups is 2. The van der Waals surface area contributed by atoms with Crippen LogP contribution in [0, 0.1) is 0 Å². The Balaban J connectivity index is 2.29. The third-order valence-electron chi connectivity index (χ3n) is 1.17. The standard InChI is InChI=1S/C5H6N4O/c1-8-2-5-7-3-6-4-9(5)10-8/h2-4H,1H3. The molecule has 0 unspecified atom stereocenters. The van der Waals surface area contributed by atoms with Crippen molar-refractivity contribution in [1.29, 1.82) is 0 Å². The summed E-state index contributed by atoms with van der Waals surface area (Å²) < 4.78 is 0. The van der Waals surface area contributed by atoms with E-state index in [1.165, 1.54) is 11.4 Å². The predicted molar refractivity (Wildman–Crippen MR) is 35.8 cm³/mol. The summed E-state index contributed by atoms with van der Waals surface area (Å²) in [5, 5.41) is 3.05. The van der Waals surface area contributed by atoms with Crippen molar-refractivity contribution in [2.75, 3.05) is 7.05 Å². The minimum absolute atomic E-state index is 0.748. The second-order valence-corrected chi connectivity index (χ2v) is 1.95. The summed E-state index contributed by atoms with van der Waals surface area (Å²) in [6.45, 7) is 0. The van der Waals surface area contributed by atoms with Crippen molar-refractivity contribution in [2.24, 2.45) is 9.98 Å². The van der Waals surface area contributed by atoms with Gasteiger partial charge < -0.3 is 0 Å². The molecule has 2 rings (SSSR count). The van der Waals surface area contributed by atoms with Gasteiger partial charge in [-0.1, -0.05) is 0 Å². The average molecular weight is 138 g/mol. The van der Waals surface area contributed by atoms with E-state index >= 15 is 0 Å². The fourth-order valence-electron chi connectivity index (χ4n) is 0.777. The van der Waals surface area contributed by atoms with Gasteiger partial charge >= 0.3 is 0 Å². The highest BCUT2D eigenvalue weighted by molar-refractivity contribution is 5.75. The average Bonchev–Trinajstić information content (AvgIpc) is 2.27. The largest absolute Gasteiger partial charge is 0.235 e. The van der Waals surface area contributed by atoms with E-state index in [1.807, 2.05) is 0 Å². The van der Waals surface area contributed by atoms with Crippen LogP contribution < -0.4 is 0 Å². The summed E-state index contributed by atoms with van der Waals surface area (Å²) >= 11 is 0. The van der Waals surface area contributed by atoms with Crippen molar-refractivity contribution in [3.63, 3.8) is 0 Å². The molecule has 0 radical (unpaired) electrons. The summed E-state index contributed by atoms with van der Waals surface area (Å²) in [7, 11) is 1.79. The molecule has 2 aliphatic rings. The summed E-state index contributed by atoms with van der Waals surface area (Å²) in [6, 6.07) is 0. The van der Waals surface area contributed by atoms with E-state index in [0.29, 0.717) is 0 Å². The summed E-state index contributed by atoms with van der Waals surface area (Å²) in [6.07, 6.45) is 4.80. The Bertz CT molecular complexity index is 232. The molecule has 0 spiro atoms. The van der Waals surface area contributed by atoms with Crippen LogP contribution in [-0.2, 0) is 4.94 Å². The molecule has 52 valence electrons. The first-order chi connectivity index (χ1) is 4.86. The van der Waals surface area contributed by atoms with E-state index in [0.717, 1.165) is 5.82 Å². The molecular weight excluding hydrogens is 132 g/mol. The van der Waals surface area contributed by atoms with Crippen LogP contribution in [-0.4, -0.2) is 29.9 Å². The molecule has 0 amide bonds. The Labute approximate surface area is 57.8 Å². The van der Waals surface area contributed by atoms with Gasteiger partial charge in [-0.25, -0.2) is 15.0 Å². The Hall–Kier alpha value is -1.36. The first-order valence-electron chi connectivity index (χ1n) is 2.84. The van der Waals surface area contributed by atoms with Gasteiger partial charge in [0.15, 0.2) is 5.82 Å². The van der Waals surface area contributed by atoms with Crippen molar-refractivity contribution >= 4 is 12.7 Å². The van der Waals surface area contributed by atoms with Crippen LogP contribution in [0.25, 0.3) is 0 Å². The number of hydrogen-bond donors (Lipinski definition) is 0. The molecule has 0 aromatic rings. The van der Waals surface area contributed by atoms with Crippen molar-refractivity contribution in [1.82, 2.24) is 10.1 Å². The van der Waals surface area contributed by atoms with Crippen LogP contribution in [0.5, 0.6) is 0 Å². The molecule has 2 heterocycles. The Kier molecular flexibility index (Phi) is 0.983. The molecule has 0 aromatic heterocycles.